The van der Waals surface area contributed by atoms with Crippen molar-refractivity contribution in [2.45, 2.75) is 17.7 Å². The molecule has 0 amide bonds. The van der Waals surface area contributed by atoms with Gasteiger partial charge in [-0.1, -0.05) is 18.2 Å². The summed E-state index contributed by atoms with van der Waals surface area (Å²) >= 11 is 0. The van der Waals surface area contributed by atoms with Gasteiger partial charge >= 0.3 is 0 Å². The molecule has 1 fully saturated rings. The lowest BCUT2D eigenvalue weighted by Gasteiger charge is -2.15. The Hall–Kier alpha value is -2.02. The molecule has 1 aliphatic rings. The SMILES string of the molecule is CS(=O)(=O)c1c(N2CCCC2)nn(-c2ccccc2)c1N. The van der Waals surface area contributed by atoms with Crippen molar-refractivity contribution in [1.29, 1.82) is 0 Å². The van der Waals surface area contributed by atoms with Crippen molar-refractivity contribution in [3.05, 3.63) is 30.3 Å². The van der Waals surface area contributed by atoms with Gasteiger partial charge in [0.25, 0.3) is 0 Å². The first kappa shape index (κ1) is 13.9. The van der Waals surface area contributed by atoms with Crippen molar-refractivity contribution in [3.8, 4) is 5.69 Å². The van der Waals surface area contributed by atoms with Gasteiger partial charge in [0.2, 0.25) is 0 Å². The fourth-order valence-corrected chi connectivity index (χ4v) is 3.63. The fraction of sp³-hybridized carbons (Fsp3) is 0.357. The van der Waals surface area contributed by atoms with Crippen LogP contribution in [0.4, 0.5) is 11.6 Å². The quantitative estimate of drug-likeness (QED) is 0.928. The highest BCUT2D eigenvalue weighted by atomic mass is 32.2. The van der Waals surface area contributed by atoms with E-state index in [2.05, 4.69) is 5.10 Å². The Morgan fingerprint density at radius 3 is 2.33 bits per heavy atom. The lowest BCUT2D eigenvalue weighted by Crippen LogP contribution is -2.20. The summed E-state index contributed by atoms with van der Waals surface area (Å²) in [5.74, 6) is 0.641. The Labute approximate surface area is 124 Å². The highest BCUT2D eigenvalue weighted by molar-refractivity contribution is 7.91. The zero-order chi connectivity index (χ0) is 15.0. The summed E-state index contributed by atoms with van der Waals surface area (Å²) in [5, 5.41) is 4.47. The average Bonchev–Trinajstić information content (AvgIpc) is 3.05. The maximum absolute atomic E-state index is 12.1. The third-order valence-electron chi connectivity index (χ3n) is 3.64. The van der Waals surface area contributed by atoms with Crippen LogP contribution >= 0.6 is 0 Å². The van der Waals surface area contributed by atoms with Gasteiger partial charge in [0.15, 0.2) is 20.6 Å². The number of hydrogen-bond donors (Lipinski definition) is 1. The van der Waals surface area contributed by atoms with Gasteiger partial charge in [0.05, 0.1) is 5.69 Å². The third-order valence-corrected chi connectivity index (χ3v) is 4.77. The molecule has 0 unspecified atom stereocenters. The summed E-state index contributed by atoms with van der Waals surface area (Å²) in [4.78, 5) is 2.12. The van der Waals surface area contributed by atoms with Gasteiger partial charge in [-0.3, -0.25) is 0 Å². The molecule has 3 rings (SSSR count). The second kappa shape index (κ2) is 5.07. The zero-order valence-electron chi connectivity index (χ0n) is 11.9. The Bertz CT molecular complexity index is 747. The second-order valence-electron chi connectivity index (χ2n) is 5.25. The van der Waals surface area contributed by atoms with Crippen LogP contribution in [-0.4, -0.2) is 37.5 Å². The molecule has 0 radical (unpaired) electrons. The van der Waals surface area contributed by atoms with Crippen molar-refractivity contribution in [2.75, 3.05) is 30.0 Å². The monoisotopic (exact) mass is 306 g/mol. The van der Waals surface area contributed by atoms with Gasteiger partial charge in [-0.05, 0) is 25.0 Å². The number of nitrogens with two attached hydrogens (primary N) is 1. The molecule has 0 bridgehead atoms. The van der Waals surface area contributed by atoms with Crippen LogP contribution in [0.2, 0.25) is 0 Å². The summed E-state index contributed by atoms with van der Waals surface area (Å²) in [6.45, 7) is 1.63. The van der Waals surface area contributed by atoms with E-state index in [1.165, 1.54) is 10.9 Å². The van der Waals surface area contributed by atoms with Crippen LogP contribution in [-0.2, 0) is 9.84 Å². The van der Waals surface area contributed by atoms with Gasteiger partial charge < -0.3 is 10.6 Å². The smallest absolute Gasteiger partial charge is 0.182 e. The van der Waals surface area contributed by atoms with Crippen LogP contribution in [0.3, 0.4) is 0 Å². The van der Waals surface area contributed by atoms with E-state index in [9.17, 15) is 8.42 Å². The molecule has 0 atom stereocenters. The molecule has 21 heavy (non-hydrogen) atoms. The van der Waals surface area contributed by atoms with E-state index in [4.69, 9.17) is 5.73 Å². The molecule has 6 nitrogen and oxygen atoms in total. The van der Waals surface area contributed by atoms with E-state index in [0.29, 0.717) is 5.82 Å². The Morgan fingerprint density at radius 1 is 1.14 bits per heavy atom. The van der Waals surface area contributed by atoms with Crippen LogP contribution in [0.25, 0.3) is 5.69 Å². The minimum absolute atomic E-state index is 0.133. The molecule has 112 valence electrons. The summed E-state index contributed by atoms with van der Waals surface area (Å²) in [5.41, 5.74) is 6.84. The van der Waals surface area contributed by atoms with Crippen LogP contribution < -0.4 is 10.6 Å². The minimum atomic E-state index is -3.44. The predicted molar refractivity (Wildman–Crippen MR) is 82.5 cm³/mol. The Balaban J connectivity index is 2.20. The van der Waals surface area contributed by atoms with Crippen molar-refractivity contribution in [3.63, 3.8) is 0 Å². The van der Waals surface area contributed by atoms with Crippen LogP contribution in [0.1, 0.15) is 12.8 Å². The third kappa shape index (κ3) is 2.49. The molecule has 7 heteroatoms. The van der Waals surface area contributed by atoms with Gasteiger partial charge in [-0.25, -0.2) is 13.1 Å². The number of aromatic nitrogens is 2. The molecule has 0 aliphatic carbocycles. The zero-order valence-corrected chi connectivity index (χ0v) is 12.7. The van der Waals surface area contributed by atoms with Crippen molar-refractivity contribution in [1.82, 2.24) is 9.78 Å². The first-order chi connectivity index (χ1) is 9.98. The minimum Gasteiger partial charge on any atom is -0.382 e. The number of hydrogen-bond acceptors (Lipinski definition) is 5. The van der Waals surface area contributed by atoms with Crippen LogP contribution in [0.15, 0.2) is 35.2 Å². The summed E-state index contributed by atoms with van der Waals surface area (Å²) in [6.07, 6.45) is 3.26. The number of para-hydroxylation sites is 1. The second-order valence-corrected chi connectivity index (χ2v) is 7.20. The highest BCUT2D eigenvalue weighted by Gasteiger charge is 2.29. The number of sulfone groups is 1. The number of benzene rings is 1. The number of rotatable bonds is 3. The van der Waals surface area contributed by atoms with E-state index in [1.807, 2.05) is 35.2 Å². The van der Waals surface area contributed by atoms with E-state index >= 15 is 0 Å². The fourth-order valence-electron chi connectivity index (χ4n) is 2.66. The lowest BCUT2D eigenvalue weighted by atomic mass is 10.3. The standard InChI is InChI=1S/C14H18N4O2S/c1-21(19,20)12-13(15)18(11-7-3-2-4-8-11)16-14(12)17-9-5-6-10-17/h2-4,7-8H,5-6,9-10,15H2,1H3. The molecule has 1 saturated heterocycles. The van der Waals surface area contributed by atoms with Crippen molar-refractivity contribution >= 4 is 21.5 Å². The molecule has 0 spiro atoms. The summed E-state index contributed by atoms with van der Waals surface area (Å²) in [7, 11) is -3.44. The first-order valence-electron chi connectivity index (χ1n) is 6.87. The molecule has 0 saturated carbocycles. The molecular formula is C14H18N4O2S. The normalized spacial score (nSPS) is 15.6. The average molecular weight is 306 g/mol. The topological polar surface area (TPSA) is 81.2 Å². The molecule has 2 heterocycles. The van der Waals surface area contributed by atoms with Crippen LogP contribution in [0, 0.1) is 0 Å². The van der Waals surface area contributed by atoms with E-state index in [0.717, 1.165) is 31.6 Å². The van der Waals surface area contributed by atoms with Gasteiger partial charge in [-0.15, -0.1) is 5.10 Å². The van der Waals surface area contributed by atoms with Crippen molar-refractivity contribution < 1.29 is 8.42 Å². The van der Waals surface area contributed by atoms with E-state index in [-0.39, 0.29) is 10.7 Å². The lowest BCUT2D eigenvalue weighted by molar-refractivity contribution is 0.602. The maximum Gasteiger partial charge on any atom is 0.182 e. The van der Waals surface area contributed by atoms with Crippen LogP contribution in [0.5, 0.6) is 0 Å². The molecule has 1 aromatic heterocycles. The number of nitrogens with zero attached hydrogens (tertiary/aromatic N) is 3. The van der Waals surface area contributed by atoms with E-state index < -0.39 is 9.84 Å². The molecule has 1 aromatic carbocycles. The highest BCUT2D eigenvalue weighted by Crippen LogP contribution is 2.33. The Morgan fingerprint density at radius 2 is 1.76 bits per heavy atom. The van der Waals surface area contributed by atoms with Gasteiger partial charge in [0, 0.05) is 19.3 Å². The summed E-state index contributed by atoms with van der Waals surface area (Å²) < 4.78 is 25.7. The first-order valence-corrected chi connectivity index (χ1v) is 8.76. The number of anilines is 2. The summed E-state index contributed by atoms with van der Waals surface area (Å²) in [6, 6.07) is 9.33. The predicted octanol–water partition coefficient (Wildman–Crippen LogP) is 1.46. The van der Waals surface area contributed by atoms with Gasteiger partial charge in [-0.2, -0.15) is 0 Å². The van der Waals surface area contributed by atoms with Gasteiger partial charge in [0.1, 0.15) is 5.82 Å². The molecule has 1 aliphatic heterocycles. The largest absolute Gasteiger partial charge is 0.382 e. The van der Waals surface area contributed by atoms with E-state index in [1.54, 1.807) is 0 Å². The Kier molecular flexibility index (Phi) is 3.36. The number of nitrogen functional groups attached to an aromatic ring is 1. The van der Waals surface area contributed by atoms with Crippen molar-refractivity contribution in [2.24, 2.45) is 0 Å². The maximum atomic E-state index is 12.1. The molecular weight excluding hydrogens is 288 g/mol. The molecule has 2 N–H and O–H groups in total. The molecule has 2 aromatic rings.